The number of likely N-dealkylation sites (tertiary alicyclic amines) is 1. The molecule has 0 radical (unpaired) electrons. The number of carbonyl (C=O) groups is 1. The molecule has 1 atom stereocenters. The molecule has 1 aromatic rings. The molecule has 0 bridgehead atoms. The Hall–Kier alpha value is -1.42. The average Bonchev–Trinajstić information content (AvgIpc) is 3.44. The molecule has 130 valence electrons. The lowest BCUT2D eigenvalue weighted by atomic mass is 9.80. The maximum Gasteiger partial charge on any atom is 0.233 e. The van der Waals surface area contributed by atoms with E-state index in [2.05, 4.69) is 5.32 Å². The summed E-state index contributed by atoms with van der Waals surface area (Å²) in [6, 6.07) is 6.81. The van der Waals surface area contributed by atoms with Crippen molar-refractivity contribution < 1.29 is 9.18 Å². The van der Waals surface area contributed by atoms with Gasteiger partial charge in [-0.3, -0.25) is 4.79 Å². The number of piperidine rings is 2. The van der Waals surface area contributed by atoms with Crippen LogP contribution in [0.2, 0.25) is 0 Å². The van der Waals surface area contributed by atoms with Crippen molar-refractivity contribution in [2.45, 2.75) is 43.9 Å². The highest BCUT2D eigenvalue weighted by molar-refractivity contribution is 5.91. The summed E-state index contributed by atoms with van der Waals surface area (Å²) >= 11 is 0. The number of hydrogen-bond donors (Lipinski definition) is 1. The quantitative estimate of drug-likeness (QED) is 0.924. The van der Waals surface area contributed by atoms with Gasteiger partial charge in [-0.1, -0.05) is 18.2 Å². The Labute approximate surface area is 143 Å². The maximum atomic E-state index is 14.2. The van der Waals surface area contributed by atoms with Gasteiger partial charge in [0.25, 0.3) is 0 Å². The number of benzene rings is 1. The summed E-state index contributed by atoms with van der Waals surface area (Å²) in [7, 11) is 0. The molecule has 1 saturated carbocycles. The average molecular weight is 330 g/mol. The van der Waals surface area contributed by atoms with Gasteiger partial charge in [0.15, 0.2) is 0 Å². The van der Waals surface area contributed by atoms with Crippen LogP contribution in [0.3, 0.4) is 0 Å². The number of amides is 1. The third-order valence-electron chi connectivity index (χ3n) is 6.38. The zero-order chi connectivity index (χ0) is 16.6. The third kappa shape index (κ3) is 2.85. The number of nitrogens with one attached hydrogen (secondary N) is 1. The van der Waals surface area contributed by atoms with Crippen molar-refractivity contribution in [1.82, 2.24) is 10.2 Å². The van der Waals surface area contributed by atoms with E-state index in [4.69, 9.17) is 0 Å². The standard InChI is InChI=1S/C20H27FN2O/c21-18-6-2-1-5-17(18)20(9-10-20)19(24)23-12-7-15(8-13-23)16-4-3-11-22-14-16/h1-2,5-6,15-16,22H,3-4,7-14H2. The highest BCUT2D eigenvalue weighted by atomic mass is 19.1. The van der Waals surface area contributed by atoms with E-state index < -0.39 is 5.41 Å². The van der Waals surface area contributed by atoms with Gasteiger partial charge in [-0.15, -0.1) is 0 Å². The lowest BCUT2D eigenvalue weighted by Gasteiger charge is -2.39. The summed E-state index contributed by atoms with van der Waals surface area (Å²) in [6.45, 7) is 3.98. The van der Waals surface area contributed by atoms with Gasteiger partial charge in [0.1, 0.15) is 5.82 Å². The molecule has 1 aromatic carbocycles. The maximum absolute atomic E-state index is 14.2. The second-order valence-electron chi connectivity index (χ2n) is 7.80. The zero-order valence-corrected chi connectivity index (χ0v) is 14.3. The molecule has 3 aliphatic rings. The van der Waals surface area contributed by atoms with E-state index in [1.54, 1.807) is 12.1 Å². The molecule has 3 nitrogen and oxygen atoms in total. The molecule has 4 heteroatoms. The number of rotatable bonds is 3. The summed E-state index contributed by atoms with van der Waals surface area (Å²) in [5, 5.41) is 3.51. The molecular formula is C20H27FN2O. The van der Waals surface area contributed by atoms with E-state index in [0.29, 0.717) is 5.56 Å². The Kier molecular flexibility index (Phi) is 4.33. The molecule has 1 N–H and O–H groups in total. The van der Waals surface area contributed by atoms with Gasteiger partial charge < -0.3 is 10.2 Å². The van der Waals surface area contributed by atoms with Crippen LogP contribution < -0.4 is 5.32 Å². The van der Waals surface area contributed by atoms with Gasteiger partial charge in [0.2, 0.25) is 5.91 Å². The van der Waals surface area contributed by atoms with E-state index >= 15 is 0 Å². The van der Waals surface area contributed by atoms with E-state index in [1.165, 1.54) is 18.9 Å². The number of hydrogen-bond acceptors (Lipinski definition) is 2. The summed E-state index contributed by atoms with van der Waals surface area (Å²) in [5.74, 6) is 1.45. The minimum Gasteiger partial charge on any atom is -0.342 e. The fourth-order valence-electron chi connectivity index (χ4n) is 4.73. The minimum absolute atomic E-state index is 0.160. The predicted octanol–water partition coefficient (Wildman–Crippen LogP) is 3.10. The Morgan fingerprint density at radius 3 is 2.50 bits per heavy atom. The van der Waals surface area contributed by atoms with Crippen LogP contribution in [0.1, 0.15) is 44.1 Å². The molecule has 4 rings (SSSR count). The molecule has 3 fully saturated rings. The monoisotopic (exact) mass is 330 g/mol. The van der Waals surface area contributed by atoms with Crippen LogP contribution in [0, 0.1) is 17.7 Å². The summed E-state index contributed by atoms with van der Waals surface area (Å²) in [4.78, 5) is 15.1. The first kappa shape index (κ1) is 16.1. The van der Waals surface area contributed by atoms with E-state index in [-0.39, 0.29) is 11.7 Å². The first-order chi connectivity index (χ1) is 11.7. The van der Waals surface area contributed by atoms with Crippen molar-refractivity contribution in [3.05, 3.63) is 35.6 Å². The molecule has 0 spiro atoms. The molecule has 1 aliphatic carbocycles. The molecular weight excluding hydrogens is 303 g/mol. The van der Waals surface area contributed by atoms with Crippen LogP contribution in [0.5, 0.6) is 0 Å². The van der Waals surface area contributed by atoms with Crippen LogP contribution in [0.15, 0.2) is 24.3 Å². The Morgan fingerprint density at radius 1 is 1.12 bits per heavy atom. The molecule has 0 aromatic heterocycles. The lowest BCUT2D eigenvalue weighted by Crippen LogP contribution is -2.46. The number of nitrogens with zero attached hydrogens (tertiary/aromatic N) is 1. The molecule has 2 saturated heterocycles. The highest BCUT2D eigenvalue weighted by Gasteiger charge is 2.54. The molecule has 1 unspecified atom stereocenters. The van der Waals surface area contributed by atoms with Crippen molar-refractivity contribution in [3.8, 4) is 0 Å². The van der Waals surface area contributed by atoms with E-state index in [1.807, 2.05) is 11.0 Å². The molecule has 2 aliphatic heterocycles. The Balaban J connectivity index is 1.41. The summed E-state index contributed by atoms with van der Waals surface area (Å²) in [6.07, 6.45) is 6.39. The van der Waals surface area contributed by atoms with Gasteiger partial charge in [-0.25, -0.2) is 4.39 Å². The van der Waals surface area contributed by atoms with Crippen LogP contribution in [0.4, 0.5) is 4.39 Å². The predicted molar refractivity (Wildman–Crippen MR) is 92.2 cm³/mol. The zero-order valence-electron chi connectivity index (χ0n) is 14.3. The summed E-state index contributed by atoms with van der Waals surface area (Å²) in [5.41, 5.74) is 0.0403. The Bertz CT molecular complexity index is 599. The molecule has 1 amide bonds. The van der Waals surface area contributed by atoms with Crippen molar-refractivity contribution in [1.29, 1.82) is 0 Å². The minimum atomic E-state index is -0.565. The van der Waals surface area contributed by atoms with E-state index in [0.717, 1.165) is 63.7 Å². The van der Waals surface area contributed by atoms with Crippen LogP contribution >= 0.6 is 0 Å². The fraction of sp³-hybridized carbons (Fsp3) is 0.650. The lowest BCUT2D eigenvalue weighted by molar-refractivity contribution is -0.135. The van der Waals surface area contributed by atoms with Crippen LogP contribution in [0.25, 0.3) is 0 Å². The second kappa shape index (κ2) is 6.47. The van der Waals surface area contributed by atoms with Gasteiger partial charge in [-0.2, -0.15) is 0 Å². The van der Waals surface area contributed by atoms with Crippen molar-refractivity contribution in [3.63, 3.8) is 0 Å². The van der Waals surface area contributed by atoms with Crippen LogP contribution in [-0.4, -0.2) is 37.0 Å². The largest absolute Gasteiger partial charge is 0.342 e. The first-order valence-corrected chi connectivity index (χ1v) is 9.46. The van der Waals surface area contributed by atoms with Crippen molar-refractivity contribution >= 4 is 5.91 Å². The topological polar surface area (TPSA) is 32.3 Å². The van der Waals surface area contributed by atoms with Gasteiger partial charge >= 0.3 is 0 Å². The first-order valence-electron chi connectivity index (χ1n) is 9.46. The second-order valence-corrected chi connectivity index (χ2v) is 7.80. The normalized spacial score (nSPS) is 27.0. The Morgan fingerprint density at radius 2 is 1.88 bits per heavy atom. The van der Waals surface area contributed by atoms with Crippen LogP contribution in [-0.2, 0) is 10.2 Å². The fourth-order valence-corrected chi connectivity index (χ4v) is 4.73. The van der Waals surface area contributed by atoms with E-state index in [9.17, 15) is 9.18 Å². The van der Waals surface area contributed by atoms with Gasteiger partial charge in [0, 0.05) is 18.7 Å². The SMILES string of the molecule is O=C(N1CCC(C2CCCNC2)CC1)C1(c2ccccc2F)CC1. The highest BCUT2D eigenvalue weighted by Crippen LogP contribution is 2.50. The molecule has 2 heterocycles. The number of halogens is 1. The van der Waals surface area contributed by atoms with Gasteiger partial charge in [-0.05, 0) is 69.5 Å². The van der Waals surface area contributed by atoms with Crippen molar-refractivity contribution in [2.75, 3.05) is 26.2 Å². The van der Waals surface area contributed by atoms with Gasteiger partial charge in [0.05, 0.1) is 5.41 Å². The smallest absolute Gasteiger partial charge is 0.233 e. The third-order valence-corrected chi connectivity index (χ3v) is 6.38. The number of carbonyl (C=O) groups excluding carboxylic acids is 1. The summed E-state index contributed by atoms with van der Waals surface area (Å²) < 4.78 is 14.2. The molecule has 24 heavy (non-hydrogen) atoms. The van der Waals surface area contributed by atoms with Crippen molar-refractivity contribution in [2.24, 2.45) is 11.8 Å².